The molecule has 0 saturated heterocycles. The number of rotatable bonds is 2. The second-order valence-electron chi connectivity index (χ2n) is 5.86. The molecule has 0 radical (unpaired) electrons. The van der Waals surface area contributed by atoms with Crippen LogP contribution in [0.5, 0.6) is 0 Å². The molecule has 0 aliphatic carbocycles. The van der Waals surface area contributed by atoms with Crippen LogP contribution in [0.2, 0.25) is 0 Å². The van der Waals surface area contributed by atoms with Crippen molar-refractivity contribution in [3.05, 3.63) is 35.9 Å². The predicted octanol–water partition coefficient (Wildman–Crippen LogP) is 2.92. The molecule has 1 aliphatic heterocycles. The van der Waals surface area contributed by atoms with Gasteiger partial charge in [-0.1, -0.05) is 51.1 Å². The van der Waals surface area contributed by atoms with Gasteiger partial charge in [-0.15, -0.1) is 0 Å². The van der Waals surface area contributed by atoms with E-state index in [1.165, 1.54) is 0 Å². The molecule has 0 spiro atoms. The molecule has 0 fully saturated rings. The summed E-state index contributed by atoms with van der Waals surface area (Å²) in [5.41, 5.74) is -0.202. The molecule has 1 aromatic carbocycles. The van der Waals surface area contributed by atoms with Crippen LogP contribution in [0.15, 0.2) is 35.3 Å². The van der Waals surface area contributed by atoms with Crippen molar-refractivity contribution in [2.24, 2.45) is 10.4 Å². The minimum atomic E-state index is -0.890. The maximum atomic E-state index is 11.9. The van der Waals surface area contributed by atoms with Gasteiger partial charge in [0.25, 0.3) is 0 Å². The van der Waals surface area contributed by atoms with E-state index in [0.717, 1.165) is 5.56 Å². The van der Waals surface area contributed by atoms with Gasteiger partial charge >= 0.3 is 12.1 Å². The highest BCUT2D eigenvalue weighted by Crippen LogP contribution is 2.38. The standard InChI is InChI=1S/C15H19NO3/c1-14(2,3)15(4)12(17)19-13(16-15)18-10-11-8-6-5-7-9-11/h5-9H,10H2,1-4H3/t15-/m1/s1. The fourth-order valence-electron chi connectivity index (χ4n) is 1.68. The van der Waals surface area contributed by atoms with Crippen molar-refractivity contribution in [3.8, 4) is 0 Å². The first-order valence-electron chi connectivity index (χ1n) is 6.32. The third-order valence-corrected chi connectivity index (χ3v) is 3.56. The van der Waals surface area contributed by atoms with E-state index >= 15 is 0 Å². The van der Waals surface area contributed by atoms with Gasteiger partial charge in [-0.05, 0) is 17.9 Å². The molecule has 0 unspecified atom stereocenters. The number of nitrogens with zero attached hydrogens (tertiary/aromatic N) is 1. The fraction of sp³-hybridized carbons (Fsp3) is 0.467. The van der Waals surface area contributed by atoms with Crippen LogP contribution in [-0.2, 0) is 20.9 Å². The summed E-state index contributed by atoms with van der Waals surface area (Å²) < 4.78 is 10.6. The van der Waals surface area contributed by atoms with Crippen LogP contribution in [0, 0.1) is 5.41 Å². The van der Waals surface area contributed by atoms with Crippen molar-refractivity contribution in [1.29, 1.82) is 0 Å². The van der Waals surface area contributed by atoms with Gasteiger partial charge in [0.05, 0.1) is 0 Å². The Bertz CT molecular complexity index is 502. The first kappa shape index (κ1) is 13.6. The molecule has 4 heteroatoms. The first-order chi connectivity index (χ1) is 8.83. The monoisotopic (exact) mass is 261 g/mol. The molecule has 102 valence electrons. The summed E-state index contributed by atoms with van der Waals surface area (Å²) in [6.45, 7) is 7.98. The van der Waals surface area contributed by atoms with Gasteiger partial charge in [0, 0.05) is 0 Å². The summed E-state index contributed by atoms with van der Waals surface area (Å²) in [7, 11) is 0. The van der Waals surface area contributed by atoms with Gasteiger partial charge in [-0.2, -0.15) is 4.99 Å². The Morgan fingerprint density at radius 2 is 1.89 bits per heavy atom. The molecule has 4 nitrogen and oxygen atoms in total. The topological polar surface area (TPSA) is 47.9 Å². The molecular weight excluding hydrogens is 242 g/mol. The molecule has 0 amide bonds. The first-order valence-corrected chi connectivity index (χ1v) is 6.32. The molecule has 0 bridgehead atoms. The summed E-state index contributed by atoms with van der Waals surface area (Å²) >= 11 is 0. The lowest BCUT2D eigenvalue weighted by molar-refractivity contribution is -0.143. The molecule has 1 atom stereocenters. The lowest BCUT2D eigenvalue weighted by Gasteiger charge is -2.31. The largest absolute Gasteiger partial charge is 0.445 e. The Morgan fingerprint density at radius 3 is 2.42 bits per heavy atom. The Kier molecular flexibility index (Phi) is 3.35. The Morgan fingerprint density at radius 1 is 1.26 bits per heavy atom. The van der Waals surface area contributed by atoms with E-state index < -0.39 is 5.54 Å². The maximum Gasteiger partial charge on any atom is 0.392 e. The highest BCUT2D eigenvalue weighted by molar-refractivity contribution is 5.97. The van der Waals surface area contributed by atoms with Crippen molar-refractivity contribution in [3.63, 3.8) is 0 Å². The normalized spacial score (nSPS) is 22.9. The quantitative estimate of drug-likeness (QED) is 0.769. The highest BCUT2D eigenvalue weighted by Gasteiger charge is 2.51. The molecule has 2 rings (SSSR count). The van der Waals surface area contributed by atoms with E-state index in [1.54, 1.807) is 6.92 Å². The summed E-state index contributed by atoms with van der Waals surface area (Å²) in [5.74, 6) is -0.358. The second kappa shape index (κ2) is 4.68. The lowest BCUT2D eigenvalue weighted by Crippen LogP contribution is -2.43. The average molecular weight is 261 g/mol. The molecular formula is C15H19NO3. The van der Waals surface area contributed by atoms with E-state index in [1.807, 2.05) is 51.1 Å². The van der Waals surface area contributed by atoms with E-state index in [2.05, 4.69) is 4.99 Å². The number of hydrogen-bond donors (Lipinski definition) is 0. The summed E-state index contributed by atoms with van der Waals surface area (Å²) in [6.07, 6.45) is 0.0614. The van der Waals surface area contributed by atoms with Gasteiger partial charge in [-0.3, -0.25) is 0 Å². The third-order valence-electron chi connectivity index (χ3n) is 3.56. The lowest BCUT2D eigenvalue weighted by atomic mass is 9.76. The van der Waals surface area contributed by atoms with Gasteiger partial charge < -0.3 is 9.47 Å². The van der Waals surface area contributed by atoms with Crippen LogP contribution < -0.4 is 0 Å². The Balaban J connectivity index is 2.07. The number of aliphatic imine (C=N–C) groups is 1. The van der Waals surface area contributed by atoms with E-state index in [-0.39, 0.29) is 17.5 Å². The number of esters is 1. The molecule has 19 heavy (non-hydrogen) atoms. The van der Waals surface area contributed by atoms with Crippen LogP contribution >= 0.6 is 0 Å². The van der Waals surface area contributed by atoms with Crippen molar-refractivity contribution in [1.82, 2.24) is 0 Å². The average Bonchev–Trinajstić information content (AvgIpc) is 2.65. The second-order valence-corrected chi connectivity index (χ2v) is 5.86. The van der Waals surface area contributed by atoms with Gasteiger partial charge in [0.2, 0.25) is 0 Å². The van der Waals surface area contributed by atoms with Gasteiger partial charge in [0.15, 0.2) is 5.54 Å². The van der Waals surface area contributed by atoms with E-state index in [0.29, 0.717) is 6.61 Å². The molecule has 1 aromatic rings. The van der Waals surface area contributed by atoms with Gasteiger partial charge in [0.1, 0.15) is 6.61 Å². The molecule has 0 aromatic heterocycles. The number of carbonyl (C=O) groups excluding carboxylic acids is 1. The minimum Gasteiger partial charge on any atom is -0.445 e. The van der Waals surface area contributed by atoms with E-state index in [4.69, 9.17) is 9.47 Å². The predicted molar refractivity (Wildman–Crippen MR) is 72.6 cm³/mol. The summed E-state index contributed by atoms with van der Waals surface area (Å²) in [4.78, 5) is 16.3. The number of benzene rings is 1. The third kappa shape index (κ3) is 2.62. The Hall–Kier alpha value is -1.84. The van der Waals surface area contributed by atoms with Crippen LogP contribution in [0.25, 0.3) is 0 Å². The van der Waals surface area contributed by atoms with Crippen LogP contribution in [-0.4, -0.2) is 17.6 Å². The van der Waals surface area contributed by atoms with Crippen LogP contribution in [0.4, 0.5) is 0 Å². The number of carbonyl (C=O) groups is 1. The Labute approximate surface area is 113 Å². The molecule has 1 aliphatic rings. The van der Waals surface area contributed by atoms with Crippen molar-refractivity contribution < 1.29 is 14.3 Å². The summed E-state index contributed by atoms with van der Waals surface area (Å²) in [5, 5.41) is 0. The highest BCUT2D eigenvalue weighted by atomic mass is 16.7. The van der Waals surface area contributed by atoms with Crippen molar-refractivity contribution in [2.75, 3.05) is 0 Å². The van der Waals surface area contributed by atoms with Crippen molar-refractivity contribution >= 4 is 12.1 Å². The SMILES string of the molecule is CC(C)(C)[C@]1(C)N=C(OCc2ccccc2)OC1=O. The smallest absolute Gasteiger partial charge is 0.392 e. The maximum absolute atomic E-state index is 11.9. The number of cyclic esters (lactones) is 1. The number of ether oxygens (including phenoxy) is 2. The van der Waals surface area contributed by atoms with Crippen LogP contribution in [0.1, 0.15) is 33.3 Å². The van der Waals surface area contributed by atoms with Crippen molar-refractivity contribution in [2.45, 2.75) is 39.8 Å². The zero-order chi connectivity index (χ0) is 14.1. The molecule has 1 heterocycles. The van der Waals surface area contributed by atoms with Crippen LogP contribution in [0.3, 0.4) is 0 Å². The minimum absolute atomic E-state index is 0.0614. The zero-order valence-electron chi connectivity index (χ0n) is 11.8. The molecule has 0 N–H and O–H groups in total. The molecule has 0 saturated carbocycles. The fourth-order valence-corrected chi connectivity index (χ4v) is 1.68. The summed E-state index contributed by atoms with van der Waals surface area (Å²) in [6, 6.07) is 9.69. The zero-order valence-corrected chi connectivity index (χ0v) is 11.8. The van der Waals surface area contributed by atoms with Gasteiger partial charge in [-0.25, -0.2) is 4.79 Å². The van der Waals surface area contributed by atoms with E-state index in [9.17, 15) is 4.79 Å². The number of hydrogen-bond acceptors (Lipinski definition) is 4.